The van der Waals surface area contributed by atoms with Gasteiger partial charge in [0.2, 0.25) is 0 Å². The van der Waals surface area contributed by atoms with Crippen LogP contribution in [0, 0.1) is 0 Å². The van der Waals surface area contributed by atoms with Crippen molar-refractivity contribution in [2.45, 2.75) is 13.0 Å². The predicted octanol–water partition coefficient (Wildman–Crippen LogP) is 1.65. The number of hydrogen-bond donors (Lipinski definition) is 1. The third kappa shape index (κ3) is 1.38. The minimum absolute atomic E-state index is 0.0351. The Labute approximate surface area is 76.6 Å². The van der Waals surface area contributed by atoms with E-state index in [1.54, 1.807) is 12.4 Å². The molecule has 0 aliphatic heterocycles. The highest BCUT2D eigenvalue weighted by atomic mass is 15.1. The van der Waals surface area contributed by atoms with Gasteiger partial charge in [-0.05, 0) is 12.5 Å². The van der Waals surface area contributed by atoms with E-state index in [9.17, 15) is 0 Å². The molecule has 0 saturated carbocycles. The lowest BCUT2D eigenvalue weighted by molar-refractivity contribution is 0.825. The normalized spacial score (nSPS) is 13.1. The number of hydrogen-bond acceptors (Lipinski definition) is 3. The molecule has 2 rings (SSSR count). The van der Waals surface area contributed by atoms with Crippen LogP contribution >= 0.6 is 0 Å². The first-order chi connectivity index (χ1) is 6.29. The molecule has 1 heterocycles. The minimum Gasteiger partial charge on any atom is -0.324 e. The predicted molar refractivity (Wildman–Crippen MR) is 52.1 cm³/mol. The van der Waals surface area contributed by atoms with Gasteiger partial charge in [0.15, 0.2) is 0 Å². The number of nitrogens with zero attached hydrogens (tertiary/aromatic N) is 2. The van der Waals surface area contributed by atoms with E-state index in [1.807, 2.05) is 25.1 Å². The van der Waals surface area contributed by atoms with E-state index in [2.05, 4.69) is 10.2 Å². The quantitative estimate of drug-likeness (QED) is 0.713. The van der Waals surface area contributed by atoms with Crippen LogP contribution in [-0.4, -0.2) is 10.2 Å². The van der Waals surface area contributed by atoms with Crippen molar-refractivity contribution in [1.82, 2.24) is 10.2 Å². The van der Waals surface area contributed by atoms with Crippen LogP contribution in [0.25, 0.3) is 10.8 Å². The van der Waals surface area contributed by atoms with Crippen LogP contribution in [0.15, 0.2) is 30.6 Å². The molecule has 0 aliphatic rings. The Hall–Kier alpha value is -1.48. The van der Waals surface area contributed by atoms with Crippen LogP contribution in [-0.2, 0) is 0 Å². The molecule has 1 aromatic heterocycles. The average Bonchev–Trinajstić information content (AvgIpc) is 2.17. The number of benzene rings is 1. The zero-order valence-corrected chi connectivity index (χ0v) is 7.44. The van der Waals surface area contributed by atoms with Crippen LogP contribution < -0.4 is 5.73 Å². The standard InChI is InChI=1S/C10H11N3/c1-7(11)9-4-2-3-8-5-12-13-6-10(8)9/h2-7H,11H2,1H3/t7-/m0/s1. The number of rotatable bonds is 1. The van der Waals surface area contributed by atoms with Gasteiger partial charge < -0.3 is 5.73 Å². The topological polar surface area (TPSA) is 51.8 Å². The molecule has 1 atom stereocenters. The molecule has 1 aromatic carbocycles. The fraction of sp³-hybridized carbons (Fsp3) is 0.200. The Morgan fingerprint density at radius 3 is 2.77 bits per heavy atom. The molecular weight excluding hydrogens is 162 g/mol. The van der Waals surface area contributed by atoms with Gasteiger partial charge in [0.05, 0.1) is 12.4 Å². The van der Waals surface area contributed by atoms with E-state index in [4.69, 9.17) is 5.73 Å². The van der Waals surface area contributed by atoms with Crippen LogP contribution in [0.5, 0.6) is 0 Å². The Morgan fingerprint density at radius 1 is 1.23 bits per heavy atom. The summed E-state index contributed by atoms with van der Waals surface area (Å²) in [5, 5.41) is 9.85. The Morgan fingerprint density at radius 2 is 2.00 bits per heavy atom. The van der Waals surface area contributed by atoms with Gasteiger partial charge in [-0.15, -0.1) is 0 Å². The summed E-state index contributed by atoms with van der Waals surface area (Å²) in [4.78, 5) is 0. The maximum atomic E-state index is 5.83. The maximum absolute atomic E-state index is 5.83. The van der Waals surface area contributed by atoms with Gasteiger partial charge in [0.1, 0.15) is 0 Å². The van der Waals surface area contributed by atoms with E-state index >= 15 is 0 Å². The molecular formula is C10H11N3. The van der Waals surface area contributed by atoms with Gasteiger partial charge in [-0.25, -0.2) is 0 Å². The summed E-state index contributed by atoms with van der Waals surface area (Å²) in [5.74, 6) is 0. The lowest BCUT2D eigenvalue weighted by Gasteiger charge is -2.08. The molecule has 13 heavy (non-hydrogen) atoms. The number of fused-ring (bicyclic) bond motifs is 1. The second-order valence-electron chi connectivity index (χ2n) is 3.13. The third-order valence-electron chi connectivity index (χ3n) is 2.11. The molecule has 0 amide bonds. The fourth-order valence-electron chi connectivity index (χ4n) is 1.45. The van der Waals surface area contributed by atoms with E-state index in [1.165, 1.54) is 0 Å². The highest BCUT2D eigenvalue weighted by molar-refractivity contribution is 5.84. The van der Waals surface area contributed by atoms with Crippen molar-refractivity contribution < 1.29 is 0 Å². The number of aromatic nitrogens is 2. The van der Waals surface area contributed by atoms with E-state index < -0.39 is 0 Å². The highest BCUT2D eigenvalue weighted by Crippen LogP contribution is 2.20. The molecule has 2 aromatic rings. The average molecular weight is 173 g/mol. The molecule has 3 heteroatoms. The second-order valence-corrected chi connectivity index (χ2v) is 3.13. The molecule has 0 unspecified atom stereocenters. The Balaban J connectivity index is 2.76. The summed E-state index contributed by atoms with van der Waals surface area (Å²) < 4.78 is 0. The highest BCUT2D eigenvalue weighted by Gasteiger charge is 2.04. The first kappa shape index (κ1) is 8.13. The maximum Gasteiger partial charge on any atom is 0.0578 e. The Bertz CT molecular complexity index is 418. The summed E-state index contributed by atoms with van der Waals surface area (Å²) >= 11 is 0. The summed E-state index contributed by atoms with van der Waals surface area (Å²) in [5.41, 5.74) is 6.95. The Kier molecular flexibility index (Phi) is 1.94. The minimum atomic E-state index is 0.0351. The zero-order chi connectivity index (χ0) is 9.26. The van der Waals surface area contributed by atoms with Crippen LogP contribution in [0.2, 0.25) is 0 Å². The molecule has 0 bridgehead atoms. The molecule has 2 N–H and O–H groups in total. The van der Waals surface area contributed by atoms with Crippen molar-refractivity contribution in [3.8, 4) is 0 Å². The van der Waals surface area contributed by atoms with Crippen molar-refractivity contribution in [2.24, 2.45) is 5.73 Å². The van der Waals surface area contributed by atoms with E-state index in [0.29, 0.717) is 0 Å². The lowest BCUT2D eigenvalue weighted by Crippen LogP contribution is -2.05. The lowest BCUT2D eigenvalue weighted by atomic mass is 10.0. The van der Waals surface area contributed by atoms with Gasteiger partial charge in [0.25, 0.3) is 0 Å². The van der Waals surface area contributed by atoms with Crippen LogP contribution in [0.3, 0.4) is 0 Å². The van der Waals surface area contributed by atoms with Crippen molar-refractivity contribution in [3.63, 3.8) is 0 Å². The van der Waals surface area contributed by atoms with Crippen molar-refractivity contribution >= 4 is 10.8 Å². The van der Waals surface area contributed by atoms with Crippen molar-refractivity contribution in [3.05, 3.63) is 36.2 Å². The van der Waals surface area contributed by atoms with Gasteiger partial charge >= 0.3 is 0 Å². The first-order valence-electron chi connectivity index (χ1n) is 4.24. The molecule has 0 aliphatic carbocycles. The van der Waals surface area contributed by atoms with Crippen LogP contribution in [0.1, 0.15) is 18.5 Å². The molecule has 0 radical (unpaired) electrons. The summed E-state index contributed by atoms with van der Waals surface area (Å²) in [7, 11) is 0. The van der Waals surface area contributed by atoms with Gasteiger partial charge in [-0.1, -0.05) is 18.2 Å². The zero-order valence-electron chi connectivity index (χ0n) is 7.44. The molecule has 0 spiro atoms. The first-order valence-corrected chi connectivity index (χ1v) is 4.24. The van der Waals surface area contributed by atoms with E-state index in [-0.39, 0.29) is 6.04 Å². The monoisotopic (exact) mass is 173 g/mol. The fourth-order valence-corrected chi connectivity index (χ4v) is 1.45. The van der Waals surface area contributed by atoms with Crippen molar-refractivity contribution in [2.75, 3.05) is 0 Å². The number of nitrogens with two attached hydrogens (primary N) is 1. The summed E-state index contributed by atoms with van der Waals surface area (Å²) in [6, 6.07) is 6.06. The van der Waals surface area contributed by atoms with Gasteiger partial charge in [-0.3, -0.25) is 0 Å². The van der Waals surface area contributed by atoms with Gasteiger partial charge in [0, 0.05) is 16.8 Å². The molecule has 66 valence electrons. The third-order valence-corrected chi connectivity index (χ3v) is 2.11. The molecule has 0 saturated heterocycles. The smallest absolute Gasteiger partial charge is 0.0578 e. The molecule has 3 nitrogen and oxygen atoms in total. The molecule has 0 fully saturated rings. The SMILES string of the molecule is C[C@H](N)c1cccc2cnncc12. The van der Waals surface area contributed by atoms with Crippen LogP contribution in [0.4, 0.5) is 0 Å². The van der Waals surface area contributed by atoms with Crippen molar-refractivity contribution in [1.29, 1.82) is 0 Å². The largest absolute Gasteiger partial charge is 0.324 e. The van der Waals surface area contributed by atoms with E-state index in [0.717, 1.165) is 16.3 Å². The van der Waals surface area contributed by atoms with Gasteiger partial charge in [-0.2, -0.15) is 10.2 Å². The second kappa shape index (κ2) is 3.11. The summed E-state index contributed by atoms with van der Waals surface area (Å²) in [6.45, 7) is 1.97. The summed E-state index contributed by atoms with van der Waals surface area (Å²) in [6.07, 6.45) is 3.51.